The van der Waals surface area contributed by atoms with Crippen LogP contribution in [0.2, 0.25) is 10.0 Å². The van der Waals surface area contributed by atoms with Crippen LogP contribution in [0.5, 0.6) is 11.5 Å². The van der Waals surface area contributed by atoms with Crippen LogP contribution >= 0.6 is 68.4 Å². The van der Waals surface area contributed by atoms with Crippen LogP contribution in [0.1, 0.15) is 0 Å². The molecule has 20 heteroatoms. The molecule has 0 atom stereocenters. The fraction of sp³-hybridized carbons (Fsp3) is 0. The van der Waals surface area contributed by atoms with Crippen molar-refractivity contribution in [3.8, 4) is 22.6 Å². The zero-order valence-corrected chi connectivity index (χ0v) is 33.1. The molecule has 0 spiro atoms. The third kappa shape index (κ3) is 7.20. The van der Waals surface area contributed by atoms with Gasteiger partial charge in [0.25, 0.3) is 20.2 Å². The molecule has 6 aromatic carbocycles. The number of azo groups is 2. The Morgan fingerprint density at radius 3 is 1.21 bits per heavy atom. The first-order valence-electron chi connectivity index (χ1n) is 14.2. The Bertz CT molecular complexity index is 2610. The van der Waals surface area contributed by atoms with E-state index in [0.717, 1.165) is 12.1 Å². The average molecular weight is 1010 g/mol. The monoisotopic (exact) mass is 1000 g/mol. The summed E-state index contributed by atoms with van der Waals surface area (Å²) in [4.78, 5) is -1.03. The third-order valence-electron chi connectivity index (χ3n) is 7.73. The van der Waals surface area contributed by atoms with E-state index in [1.807, 2.05) is 45.2 Å². The van der Waals surface area contributed by atoms with Gasteiger partial charge in [0.1, 0.15) is 44.0 Å². The van der Waals surface area contributed by atoms with Gasteiger partial charge in [-0.05, 0) is 105 Å². The zero-order valence-electron chi connectivity index (χ0n) is 25.6. The third-order valence-corrected chi connectivity index (χ3v) is 11.9. The highest BCUT2D eigenvalue weighted by molar-refractivity contribution is 14.1. The maximum absolute atomic E-state index is 12.2. The molecule has 0 saturated carbocycles. The Labute approximate surface area is 332 Å². The SMILES string of the molecule is Nc1c(/N=N/c2ccc(-c3ccc(/N=N/c4cc(S(=O)(=O)O)c5ccc(I)c(O)c5c4N)c(Cl)c3)cc2Cl)cc(S(=O)(=O)O)c2ccc(I)c(O)c12. The number of benzene rings is 6. The van der Waals surface area contributed by atoms with Crippen LogP contribution in [0, 0.1) is 7.14 Å². The number of phenolic OH excluding ortho intramolecular Hbond substituents is 2. The molecule has 266 valence electrons. The number of hydrogen-bond acceptors (Lipinski definition) is 12. The maximum Gasteiger partial charge on any atom is 0.295 e. The van der Waals surface area contributed by atoms with Crippen LogP contribution < -0.4 is 11.5 Å². The van der Waals surface area contributed by atoms with Crippen molar-refractivity contribution in [1.29, 1.82) is 0 Å². The average Bonchev–Trinajstić information content (AvgIpc) is 3.07. The molecule has 0 radical (unpaired) electrons. The highest BCUT2D eigenvalue weighted by Crippen LogP contribution is 2.45. The second kappa shape index (κ2) is 14.2. The summed E-state index contributed by atoms with van der Waals surface area (Å²) in [5.74, 6) is -0.574. The zero-order chi connectivity index (χ0) is 37.9. The number of nitrogen functional groups attached to an aromatic ring is 2. The normalized spacial score (nSPS) is 12.5. The molecule has 0 aliphatic carbocycles. The van der Waals surface area contributed by atoms with Crippen molar-refractivity contribution >= 4 is 144 Å². The predicted octanol–water partition coefficient (Wildman–Crippen LogP) is 10.1. The van der Waals surface area contributed by atoms with Crippen molar-refractivity contribution in [1.82, 2.24) is 0 Å². The number of hydrogen-bond donors (Lipinski definition) is 6. The summed E-state index contributed by atoms with van der Waals surface area (Å²) in [5.41, 5.74) is 13.6. The minimum Gasteiger partial charge on any atom is -0.506 e. The van der Waals surface area contributed by atoms with E-state index < -0.39 is 30.0 Å². The van der Waals surface area contributed by atoms with Gasteiger partial charge in [-0.25, -0.2) is 0 Å². The first-order valence-corrected chi connectivity index (χ1v) is 20.0. The molecule has 6 rings (SSSR count). The lowest BCUT2D eigenvalue weighted by Gasteiger charge is -2.12. The number of rotatable bonds is 7. The van der Waals surface area contributed by atoms with E-state index in [-0.39, 0.29) is 77.2 Å². The Hall–Kier alpha value is -3.90. The highest BCUT2D eigenvalue weighted by Gasteiger charge is 2.23. The minimum atomic E-state index is -4.74. The molecule has 8 N–H and O–H groups in total. The topological polar surface area (TPSA) is 251 Å². The lowest BCUT2D eigenvalue weighted by molar-refractivity contribution is 0.476. The molecule has 0 unspecified atom stereocenters. The van der Waals surface area contributed by atoms with Crippen LogP contribution in [0.4, 0.5) is 34.1 Å². The number of halogens is 4. The number of aromatic hydroxyl groups is 2. The fourth-order valence-corrected chi connectivity index (χ4v) is 8.00. The van der Waals surface area contributed by atoms with Crippen molar-refractivity contribution in [2.75, 3.05) is 11.5 Å². The first-order chi connectivity index (χ1) is 24.4. The van der Waals surface area contributed by atoms with Crippen molar-refractivity contribution < 1.29 is 36.2 Å². The molecular formula is C32H20Cl2I2N6O8S2. The second-order valence-corrected chi connectivity index (χ2v) is 16.9. The summed E-state index contributed by atoms with van der Waals surface area (Å²) in [7, 11) is -9.47. The van der Waals surface area contributed by atoms with Gasteiger partial charge >= 0.3 is 0 Å². The van der Waals surface area contributed by atoms with E-state index in [0.29, 0.717) is 18.3 Å². The lowest BCUT2D eigenvalue weighted by atomic mass is 10.0. The van der Waals surface area contributed by atoms with Gasteiger partial charge in [-0.3, -0.25) is 9.11 Å². The summed E-state index contributed by atoms with van der Waals surface area (Å²) in [6.07, 6.45) is 0. The standard InChI is InChI=1S/C32H20Cl2I2N6O8S2/c33-17-9-13(1-7-21(17)39-41-23-11-25(51(45,46)47)15-3-5-19(35)31(43)27(15)29(23)37)14-2-8-22(18(34)10-14)40-42-24-12-26(52(48,49)50)16-4-6-20(36)32(44)28(16)30(24)38/h1-12,43-44H,37-38H2,(H,45,46,47)(H,48,49,50)/b41-39+,42-40+. The van der Waals surface area contributed by atoms with Crippen LogP contribution in [0.15, 0.2) is 103 Å². The van der Waals surface area contributed by atoms with Crippen molar-refractivity contribution in [2.45, 2.75) is 9.79 Å². The molecule has 0 aliphatic rings. The molecule has 52 heavy (non-hydrogen) atoms. The predicted molar refractivity (Wildman–Crippen MR) is 215 cm³/mol. The molecular weight excluding hydrogens is 985 g/mol. The number of phenols is 2. The van der Waals surface area contributed by atoms with Crippen molar-refractivity contribution in [2.24, 2.45) is 20.5 Å². The number of nitrogens with two attached hydrogens (primary N) is 2. The van der Waals surface area contributed by atoms with Crippen molar-refractivity contribution in [3.05, 3.63) is 90.0 Å². The van der Waals surface area contributed by atoms with E-state index in [1.165, 1.54) is 36.4 Å². The Morgan fingerprint density at radius 2 is 0.885 bits per heavy atom. The molecule has 0 amide bonds. The number of fused-ring (bicyclic) bond motifs is 2. The molecule has 0 aromatic heterocycles. The summed E-state index contributed by atoms with van der Waals surface area (Å²) in [6, 6.07) is 17.4. The van der Waals surface area contributed by atoms with Crippen LogP contribution in [0.25, 0.3) is 32.7 Å². The Morgan fingerprint density at radius 1 is 0.538 bits per heavy atom. The van der Waals surface area contributed by atoms with Gasteiger partial charge in [0.2, 0.25) is 0 Å². The smallest absolute Gasteiger partial charge is 0.295 e. The van der Waals surface area contributed by atoms with Crippen LogP contribution in [0.3, 0.4) is 0 Å². The largest absolute Gasteiger partial charge is 0.506 e. The second-order valence-electron chi connectivity index (χ2n) is 10.9. The van der Waals surface area contributed by atoms with Crippen LogP contribution in [-0.4, -0.2) is 36.2 Å². The molecule has 14 nitrogen and oxygen atoms in total. The Kier molecular flexibility index (Phi) is 10.3. The minimum absolute atomic E-state index is 0.00426. The van der Waals surface area contributed by atoms with E-state index in [4.69, 9.17) is 34.7 Å². The molecule has 0 heterocycles. The number of nitrogens with zero attached hydrogens (tertiary/aromatic N) is 4. The fourth-order valence-electron chi connectivity index (χ4n) is 5.25. The summed E-state index contributed by atoms with van der Waals surface area (Å²) < 4.78 is 69.1. The van der Waals surface area contributed by atoms with E-state index in [9.17, 15) is 36.2 Å². The van der Waals surface area contributed by atoms with Crippen LogP contribution in [-0.2, 0) is 20.2 Å². The quantitative estimate of drug-likeness (QED) is 0.0382. The lowest BCUT2D eigenvalue weighted by Crippen LogP contribution is -2.01. The summed E-state index contributed by atoms with van der Waals surface area (Å²) >= 11 is 16.7. The first kappa shape index (κ1) is 37.8. The van der Waals surface area contributed by atoms with E-state index >= 15 is 0 Å². The summed E-state index contributed by atoms with van der Waals surface area (Å²) in [6.45, 7) is 0. The molecule has 0 bridgehead atoms. The van der Waals surface area contributed by atoms with Gasteiger partial charge < -0.3 is 21.7 Å². The van der Waals surface area contributed by atoms with E-state index in [1.54, 1.807) is 24.3 Å². The number of anilines is 2. The molecule has 0 fully saturated rings. The van der Waals surface area contributed by atoms with Gasteiger partial charge in [-0.15, -0.1) is 20.5 Å². The van der Waals surface area contributed by atoms with E-state index in [2.05, 4.69) is 20.5 Å². The van der Waals surface area contributed by atoms with Gasteiger partial charge in [0.05, 0.1) is 39.3 Å². The molecule has 6 aromatic rings. The summed E-state index contributed by atoms with van der Waals surface area (Å²) in [5, 5.41) is 37.9. The Balaban J connectivity index is 1.31. The van der Waals surface area contributed by atoms with Gasteiger partial charge in [-0.1, -0.05) is 47.5 Å². The molecule has 0 aliphatic heterocycles. The maximum atomic E-state index is 12.2. The van der Waals surface area contributed by atoms with Gasteiger partial charge in [0.15, 0.2) is 0 Å². The van der Waals surface area contributed by atoms with Gasteiger partial charge in [-0.2, -0.15) is 16.8 Å². The highest BCUT2D eigenvalue weighted by atomic mass is 127. The molecule has 0 saturated heterocycles. The van der Waals surface area contributed by atoms with Crippen molar-refractivity contribution in [3.63, 3.8) is 0 Å². The van der Waals surface area contributed by atoms with Gasteiger partial charge in [0, 0.05) is 10.8 Å².